The molecular weight excluding hydrogens is 314 g/mol. The van der Waals surface area contributed by atoms with Crippen LogP contribution in [0.4, 0.5) is 0 Å². The van der Waals surface area contributed by atoms with Gasteiger partial charge in [0.25, 0.3) is 0 Å². The molecule has 1 aromatic rings. The number of carbonyl (C=O) groups is 1. The zero-order valence-electron chi connectivity index (χ0n) is 15.5. The molecule has 142 valence electrons. The molecule has 0 radical (unpaired) electrons. The standard InChI is InChI=1S/C14H20O2.C5H11N3.CH4/c1-11(2)9-12(3)14(15)16-10-13-7-5-4-6-8-13;1-4(6)3-5(2)7-8-5;/h4-8,11-12H,9-10H2,1-3H3;4H,3,6H2,1-2H3;1H4/t12-;4-;/m11./s1. The lowest BCUT2D eigenvalue weighted by Crippen LogP contribution is -2.22. The maximum atomic E-state index is 11.6. The minimum atomic E-state index is -0.103. The molecular formula is C20H35N3O2. The van der Waals surface area contributed by atoms with Crippen LogP contribution in [0, 0.1) is 11.8 Å². The van der Waals surface area contributed by atoms with Gasteiger partial charge in [-0.15, -0.1) is 0 Å². The van der Waals surface area contributed by atoms with Gasteiger partial charge in [0.1, 0.15) is 6.61 Å². The van der Waals surface area contributed by atoms with E-state index in [1.54, 1.807) is 0 Å². The number of esters is 1. The Kier molecular flexibility index (Phi) is 10.2. The van der Waals surface area contributed by atoms with Gasteiger partial charge in [-0.1, -0.05) is 58.5 Å². The van der Waals surface area contributed by atoms with Gasteiger partial charge in [-0.3, -0.25) is 4.79 Å². The fraction of sp³-hybridized carbons (Fsp3) is 0.650. The van der Waals surface area contributed by atoms with Gasteiger partial charge in [-0.2, -0.15) is 10.2 Å². The van der Waals surface area contributed by atoms with Crippen LogP contribution in [-0.4, -0.2) is 17.7 Å². The fourth-order valence-electron chi connectivity index (χ4n) is 2.45. The minimum Gasteiger partial charge on any atom is -0.461 e. The summed E-state index contributed by atoms with van der Waals surface area (Å²) in [5, 5.41) is 7.64. The molecule has 1 aliphatic heterocycles. The predicted octanol–water partition coefficient (Wildman–Crippen LogP) is 4.95. The van der Waals surface area contributed by atoms with Crippen LogP contribution in [0.15, 0.2) is 40.6 Å². The molecule has 2 N–H and O–H groups in total. The Labute approximate surface area is 153 Å². The van der Waals surface area contributed by atoms with E-state index in [-0.39, 0.29) is 31.0 Å². The molecule has 0 unspecified atom stereocenters. The second kappa shape index (κ2) is 11.0. The number of carbonyl (C=O) groups excluding carboxylic acids is 1. The first-order valence-corrected chi connectivity index (χ1v) is 8.62. The zero-order valence-corrected chi connectivity index (χ0v) is 15.5. The highest BCUT2D eigenvalue weighted by molar-refractivity contribution is 5.71. The van der Waals surface area contributed by atoms with E-state index in [4.69, 9.17) is 10.5 Å². The first-order chi connectivity index (χ1) is 11.2. The van der Waals surface area contributed by atoms with E-state index in [0.717, 1.165) is 18.4 Å². The van der Waals surface area contributed by atoms with E-state index in [9.17, 15) is 4.79 Å². The van der Waals surface area contributed by atoms with Crippen LogP contribution < -0.4 is 5.73 Å². The van der Waals surface area contributed by atoms with E-state index in [2.05, 4.69) is 24.1 Å². The Morgan fingerprint density at radius 1 is 1.16 bits per heavy atom. The summed E-state index contributed by atoms with van der Waals surface area (Å²) in [6.45, 7) is 10.5. The summed E-state index contributed by atoms with van der Waals surface area (Å²) in [4.78, 5) is 11.6. The molecule has 1 heterocycles. The summed E-state index contributed by atoms with van der Waals surface area (Å²) in [6, 6.07) is 9.98. The number of hydrogen-bond acceptors (Lipinski definition) is 5. The van der Waals surface area contributed by atoms with Crippen molar-refractivity contribution in [2.75, 3.05) is 0 Å². The van der Waals surface area contributed by atoms with Gasteiger partial charge in [0.2, 0.25) is 0 Å². The SMILES string of the molecule is C.CC(C)C[C@@H](C)C(=O)OCc1ccccc1.C[C@@H](N)CC1(C)N=N1. The molecule has 5 heteroatoms. The van der Waals surface area contributed by atoms with Gasteiger partial charge in [0.15, 0.2) is 5.66 Å². The second-order valence-electron chi connectivity index (χ2n) is 7.22. The third-order valence-electron chi connectivity index (χ3n) is 3.60. The molecule has 0 aromatic heterocycles. The van der Waals surface area contributed by atoms with Crippen LogP contribution in [0.5, 0.6) is 0 Å². The van der Waals surface area contributed by atoms with Crippen LogP contribution in [0.1, 0.15) is 60.5 Å². The topological polar surface area (TPSA) is 77.0 Å². The van der Waals surface area contributed by atoms with Crippen molar-refractivity contribution in [1.29, 1.82) is 0 Å². The van der Waals surface area contributed by atoms with E-state index in [1.807, 2.05) is 51.1 Å². The predicted molar refractivity (Wildman–Crippen MR) is 103 cm³/mol. The van der Waals surface area contributed by atoms with Crippen molar-refractivity contribution in [3.63, 3.8) is 0 Å². The Bertz CT molecular complexity index is 521. The van der Waals surface area contributed by atoms with Gasteiger partial charge >= 0.3 is 5.97 Å². The van der Waals surface area contributed by atoms with Crippen molar-refractivity contribution in [1.82, 2.24) is 0 Å². The van der Waals surface area contributed by atoms with Gasteiger partial charge in [0, 0.05) is 12.5 Å². The molecule has 0 saturated heterocycles. The lowest BCUT2D eigenvalue weighted by Gasteiger charge is -2.13. The third-order valence-corrected chi connectivity index (χ3v) is 3.60. The molecule has 2 atom stereocenters. The van der Waals surface area contributed by atoms with E-state index in [1.165, 1.54) is 0 Å². The number of hydrogen-bond donors (Lipinski definition) is 1. The molecule has 0 spiro atoms. The Morgan fingerprint density at radius 2 is 1.72 bits per heavy atom. The van der Waals surface area contributed by atoms with Crippen LogP contribution in [0.25, 0.3) is 0 Å². The Hall–Kier alpha value is -1.75. The van der Waals surface area contributed by atoms with E-state index in [0.29, 0.717) is 12.5 Å². The summed E-state index contributed by atoms with van der Waals surface area (Å²) in [6.07, 6.45) is 1.76. The molecule has 5 nitrogen and oxygen atoms in total. The van der Waals surface area contributed by atoms with E-state index >= 15 is 0 Å². The zero-order chi connectivity index (χ0) is 18.2. The van der Waals surface area contributed by atoms with Crippen molar-refractivity contribution in [2.45, 2.75) is 73.2 Å². The summed E-state index contributed by atoms with van der Waals surface area (Å²) in [5.74, 6) is 0.417. The molecule has 1 aliphatic rings. The largest absolute Gasteiger partial charge is 0.461 e. The van der Waals surface area contributed by atoms with E-state index < -0.39 is 0 Å². The Balaban J connectivity index is 0.000000540. The molecule has 0 bridgehead atoms. The van der Waals surface area contributed by atoms with Crippen LogP contribution >= 0.6 is 0 Å². The fourth-order valence-corrected chi connectivity index (χ4v) is 2.45. The number of rotatable bonds is 7. The molecule has 0 saturated carbocycles. The lowest BCUT2D eigenvalue weighted by molar-refractivity contribution is -0.149. The quantitative estimate of drug-likeness (QED) is 0.707. The molecule has 25 heavy (non-hydrogen) atoms. The maximum Gasteiger partial charge on any atom is 0.308 e. The number of benzene rings is 1. The first kappa shape index (κ1) is 23.2. The monoisotopic (exact) mass is 349 g/mol. The lowest BCUT2D eigenvalue weighted by atomic mass is 9.99. The van der Waals surface area contributed by atoms with Gasteiger partial charge in [-0.05, 0) is 31.7 Å². The molecule has 0 fully saturated rings. The highest BCUT2D eigenvalue weighted by Crippen LogP contribution is 2.31. The van der Waals surface area contributed by atoms with Crippen molar-refractivity contribution >= 4 is 5.97 Å². The normalized spacial score (nSPS) is 16.1. The van der Waals surface area contributed by atoms with Gasteiger partial charge in [-0.25, -0.2) is 0 Å². The average Bonchev–Trinajstić information content (AvgIpc) is 3.22. The second-order valence-corrected chi connectivity index (χ2v) is 7.22. The molecule has 2 rings (SSSR count). The van der Waals surface area contributed by atoms with Crippen molar-refractivity contribution in [3.05, 3.63) is 35.9 Å². The first-order valence-electron chi connectivity index (χ1n) is 8.62. The summed E-state index contributed by atoms with van der Waals surface area (Å²) in [7, 11) is 0. The minimum absolute atomic E-state index is 0. The van der Waals surface area contributed by atoms with Gasteiger partial charge < -0.3 is 10.5 Å². The average molecular weight is 350 g/mol. The van der Waals surface area contributed by atoms with Crippen molar-refractivity contribution < 1.29 is 9.53 Å². The van der Waals surface area contributed by atoms with Crippen LogP contribution in [-0.2, 0) is 16.1 Å². The van der Waals surface area contributed by atoms with Crippen molar-refractivity contribution in [2.24, 2.45) is 27.8 Å². The smallest absolute Gasteiger partial charge is 0.308 e. The Morgan fingerprint density at radius 3 is 2.12 bits per heavy atom. The highest BCUT2D eigenvalue weighted by Gasteiger charge is 2.34. The highest BCUT2D eigenvalue weighted by atomic mass is 16.5. The summed E-state index contributed by atoms with van der Waals surface area (Å²) < 4.78 is 5.25. The van der Waals surface area contributed by atoms with Crippen LogP contribution in [0.2, 0.25) is 0 Å². The summed E-state index contributed by atoms with van der Waals surface area (Å²) >= 11 is 0. The molecule has 1 aromatic carbocycles. The molecule has 0 aliphatic carbocycles. The number of nitrogens with two attached hydrogens (primary N) is 1. The maximum absolute atomic E-state index is 11.6. The number of nitrogens with zero attached hydrogens (tertiary/aromatic N) is 2. The van der Waals surface area contributed by atoms with Crippen LogP contribution in [0.3, 0.4) is 0 Å². The summed E-state index contributed by atoms with van der Waals surface area (Å²) in [5.41, 5.74) is 6.43. The van der Waals surface area contributed by atoms with Gasteiger partial charge in [0.05, 0.1) is 5.92 Å². The third kappa shape index (κ3) is 10.7. The van der Waals surface area contributed by atoms with Crippen molar-refractivity contribution in [3.8, 4) is 0 Å². The molecule has 0 amide bonds. The number of ether oxygens (including phenoxy) is 1.